The van der Waals surface area contributed by atoms with Crippen molar-refractivity contribution in [3.63, 3.8) is 0 Å². The van der Waals surface area contributed by atoms with E-state index in [4.69, 9.17) is 5.73 Å². The lowest BCUT2D eigenvalue weighted by molar-refractivity contribution is -0.121. The van der Waals surface area contributed by atoms with Gasteiger partial charge < -0.3 is 16.0 Å². The van der Waals surface area contributed by atoms with Crippen molar-refractivity contribution in [2.45, 2.75) is 19.4 Å². The molecular weight excluding hydrogens is 304 g/mol. The molecular formula is C18H22N4O2. The standard InChI is InChI=1S/C18H22N4O2/c1-22(18(24)15-8-11-20-12-9-15)16-6-4-14(5-7-16)13-21-17(23)3-2-10-19/h4-9,11-12H,2-3,10,13,19H2,1H3,(H,21,23). The molecule has 2 amide bonds. The van der Waals surface area contributed by atoms with E-state index in [2.05, 4.69) is 10.3 Å². The van der Waals surface area contributed by atoms with Crippen LogP contribution in [0.15, 0.2) is 48.8 Å². The van der Waals surface area contributed by atoms with E-state index in [1.54, 1.807) is 36.5 Å². The zero-order valence-electron chi connectivity index (χ0n) is 13.7. The highest BCUT2D eigenvalue weighted by atomic mass is 16.2. The van der Waals surface area contributed by atoms with Crippen LogP contribution in [0.1, 0.15) is 28.8 Å². The maximum Gasteiger partial charge on any atom is 0.258 e. The second-order valence-corrected chi connectivity index (χ2v) is 5.44. The molecule has 0 fully saturated rings. The summed E-state index contributed by atoms with van der Waals surface area (Å²) in [6, 6.07) is 10.9. The number of amides is 2. The summed E-state index contributed by atoms with van der Waals surface area (Å²) in [6.45, 7) is 0.978. The van der Waals surface area contributed by atoms with Crippen molar-refractivity contribution in [2.75, 3.05) is 18.5 Å². The van der Waals surface area contributed by atoms with E-state index in [0.29, 0.717) is 31.5 Å². The first-order chi connectivity index (χ1) is 11.6. The Kier molecular flexibility index (Phi) is 6.45. The van der Waals surface area contributed by atoms with Crippen LogP contribution in [0.5, 0.6) is 0 Å². The van der Waals surface area contributed by atoms with Gasteiger partial charge in [-0.1, -0.05) is 12.1 Å². The number of hydrogen-bond donors (Lipinski definition) is 2. The molecule has 3 N–H and O–H groups in total. The zero-order valence-corrected chi connectivity index (χ0v) is 13.7. The average molecular weight is 326 g/mol. The van der Waals surface area contributed by atoms with Crippen LogP contribution in [-0.4, -0.2) is 30.4 Å². The summed E-state index contributed by atoms with van der Waals surface area (Å²) in [4.78, 5) is 29.4. The third-order valence-corrected chi connectivity index (χ3v) is 3.65. The first-order valence-electron chi connectivity index (χ1n) is 7.85. The molecule has 0 atom stereocenters. The Hall–Kier alpha value is -2.73. The van der Waals surface area contributed by atoms with Crippen molar-refractivity contribution in [3.8, 4) is 0 Å². The molecule has 6 heteroatoms. The molecule has 0 radical (unpaired) electrons. The van der Waals surface area contributed by atoms with E-state index < -0.39 is 0 Å². The van der Waals surface area contributed by atoms with Crippen LogP contribution >= 0.6 is 0 Å². The van der Waals surface area contributed by atoms with Crippen molar-refractivity contribution in [3.05, 3.63) is 59.9 Å². The summed E-state index contributed by atoms with van der Waals surface area (Å²) in [6.07, 6.45) is 4.32. The molecule has 126 valence electrons. The van der Waals surface area contributed by atoms with Gasteiger partial charge in [-0.15, -0.1) is 0 Å². The largest absolute Gasteiger partial charge is 0.352 e. The molecule has 0 aliphatic rings. The van der Waals surface area contributed by atoms with E-state index >= 15 is 0 Å². The molecule has 0 saturated carbocycles. The number of carbonyl (C=O) groups excluding carboxylic acids is 2. The minimum atomic E-state index is -0.0970. The van der Waals surface area contributed by atoms with Crippen molar-refractivity contribution < 1.29 is 9.59 Å². The van der Waals surface area contributed by atoms with Gasteiger partial charge >= 0.3 is 0 Å². The van der Waals surface area contributed by atoms with Gasteiger partial charge in [0.2, 0.25) is 5.91 Å². The van der Waals surface area contributed by atoms with Crippen molar-refractivity contribution in [1.29, 1.82) is 0 Å². The summed E-state index contributed by atoms with van der Waals surface area (Å²) in [7, 11) is 1.73. The van der Waals surface area contributed by atoms with Crippen LogP contribution in [0.2, 0.25) is 0 Å². The Morgan fingerprint density at radius 1 is 1.12 bits per heavy atom. The molecule has 0 aliphatic carbocycles. The highest BCUT2D eigenvalue weighted by Gasteiger charge is 2.13. The van der Waals surface area contributed by atoms with Crippen molar-refractivity contribution in [2.24, 2.45) is 5.73 Å². The highest BCUT2D eigenvalue weighted by Crippen LogP contribution is 2.16. The molecule has 0 unspecified atom stereocenters. The fourth-order valence-corrected chi connectivity index (χ4v) is 2.19. The normalized spacial score (nSPS) is 10.2. The second-order valence-electron chi connectivity index (χ2n) is 5.44. The first-order valence-corrected chi connectivity index (χ1v) is 7.85. The second kappa shape index (κ2) is 8.79. The van der Waals surface area contributed by atoms with E-state index in [0.717, 1.165) is 11.3 Å². The first kappa shape index (κ1) is 17.6. The lowest BCUT2D eigenvalue weighted by Gasteiger charge is -2.17. The zero-order chi connectivity index (χ0) is 17.4. The minimum Gasteiger partial charge on any atom is -0.352 e. The van der Waals surface area contributed by atoms with E-state index in [1.165, 1.54) is 0 Å². The van der Waals surface area contributed by atoms with Gasteiger partial charge in [-0.3, -0.25) is 14.6 Å². The molecule has 1 heterocycles. The van der Waals surface area contributed by atoms with Crippen molar-refractivity contribution >= 4 is 17.5 Å². The maximum absolute atomic E-state index is 12.4. The Morgan fingerprint density at radius 2 is 1.79 bits per heavy atom. The number of aromatic nitrogens is 1. The molecule has 0 spiro atoms. The summed E-state index contributed by atoms with van der Waals surface area (Å²) in [5.41, 5.74) is 7.73. The number of hydrogen-bond acceptors (Lipinski definition) is 4. The van der Waals surface area contributed by atoms with Gasteiger partial charge in [0.25, 0.3) is 5.91 Å². The maximum atomic E-state index is 12.4. The number of nitrogens with two attached hydrogens (primary N) is 1. The number of pyridine rings is 1. The molecule has 2 aromatic rings. The quantitative estimate of drug-likeness (QED) is 0.811. The number of benzene rings is 1. The number of carbonyl (C=O) groups is 2. The van der Waals surface area contributed by atoms with Crippen LogP contribution in [0.4, 0.5) is 5.69 Å². The summed E-state index contributed by atoms with van der Waals surface area (Å²) in [5, 5.41) is 2.85. The SMILES string of the molecule is CN(C(=O)c1ccncc1)c1ccc(CNC(=O)CCCN)cc1. The lowest BCUT2D eigenvalue weighted by Crippen LogP contribution is -2.26. The minimum absolute atomic E-state index is 0.00508. The molecule has 2 rings (SSSR count). The Labute approximate surface area is 141 Å². The topological polar surface area (TPSA) is 88.3 Å². The molecule has 0 saturated heterocycles. The highest BCUT2D eigenvalue weighted by molar-refractivity contribution is 6.05. The number of nitrogens with zero attached hydrogens (tertiary/aromatic N) is 2. The predicted octanol–water partition coefficient (Wildman–Crippen LogP) is 1.71. The summed E-state index contributed by atoms with van der Waals surface area (Å²) in [5.74, 6) is -0.102. The third kappa shape index (κ3) is 4.89. The number of rotatable bonds is 7. The molecule has 24 heavy (non-hydrogen) atoms. The van der Waals surface area contributed by atoms with Crippen LogP contribution in [0, 0.1) is 0 Å². The van der Waals surface area contributed by atoms with E-state index in [1.807, 2.05) is 24.3 Å². The third-order valence-electron chi connectivity index (χ3n) is 3.65. The van der Waals surface area contributed by atoms with Gasteiger partial charge in [-0.25, -0.2) is 0 Å². The molecule has 1 aromatic carbocycles. The Bertz CT molecular complexity index is 671. The molecule has 6 nitrogen and oxygen atoms in total. The van der Waals surface area contributed by atoms with E-state index in [-0.39, 0.29) is 11.8 Å². The van der Waals surface area contributed by atoms with Gasteiger partial charge in [-0.2, -0.15) is 0 Å². The lowest BCUT2D eigenvalue weighted by atomic mass is 10.1. The van der Waals surface area contributed by atoms with Gasteiger partial charge in [0, 0.05) is 43.7 Å². The van der Waals surface area contributed by atoms with Gasteiger partial charge in [-0.05, 0) is 42.8 Å². The van der Waals surface area contributed by atoms with Crippen LogP contribution in [0.3, 0.4) is 0 Å². The average Bonchev–Trinajstić information content (AvgIpc) is 2.64. The predicted molar refractivity (Wildman–Crippen MR) is 93.5 cm³/mol. The van der Waals surface area contributed by atoms with Gasteiger partial charge in [0.05, 0.1) is 0 Å². The van der Waals surface area contributed by atoms with Crippen LogP contribution < -0.4 is 16.0 Å². The fraction of sp³-hybridized carbons (Fsp3) is 0.278. The van der Waals surface area contributed by atoms with Crippen molar-refractivity contribution in [1.82, 2.24) is 10.3 Å². The molecule has 1 aromatic heterocycles. The fourth-order valence-electron chi connectivity index (χ4n) is 2.19. The Morgan fingerprint density at radius 3 is 2.42 bits per heavy atom. The Balaban J connectivity index is 1.94. The van der Waals surface area contributed by atoms with Crippen LogP contribution in [0.25, 0.3) is 0 Å². The van der Waals surface area contributed by atoms with Gasteiger partial charge in [0.1, 0.15) is 0 Å². The van der Waals surface area contributed by atoms with E-state index in [9.17, 15) is 9.59 Å². The smallest absolute Gasteiger partial charge is 0.258 e. The van der Waals surface area contributed by atoms with Crippen LogP contribution in [-0.2, 0) is 11.3 Å². The molecule has 0 aliphatic heterocycles. The van der Waals surface area contributed by atoms with Gasteiger partial charge in [0.15, 0.2) is 0 Å². The summed E-state index contributed by atoms with van der Waals surface area (Å²) >= 11 is 0. The summed E-state index contributed by atoms with van der Waals surface area (Å²) < 4.78 is 0. The monoisotopic (exact) mass is 326 g/mol. The number of nitrogens with one attached hydrogen (secondary N) is 1. The number of anilines is 1. The molecule has 0 bridgehead atoms.